The molecular weight excluding hydrogens is 366 g/mol. The van der Waals surface area contributed by atoms with E-state index in [1.165, 1.54) is 4.90 Å². The Balaban J connectivity index is 1.44. The second-order valence-corrected chi connectivity index (χ2v) is 9.95. The number of nitrogens with one attached hydrogen (secondary N) is 1. The lowest BCUT2D eigenvalue weighted by molar-refractivity contribution is -0.925. The van der Waals surface area contributed by atoms with E-state index in [4.69, 9.17) is 0 Å². The molecule has 3 aliphatic heterocycles. The zero-order valence-electron chi connectivity index (χ0n) is 15.4. The van der Waals surface area contributed by atoms with Crippen LogP contribution in [0.3, 0.4) is 0 Å². The van der Waals surface area contributed by atoms with Crippen LogP contribution in [0.5, 0.6) is 0 Å². The Hall–Kier alpha value is -1.93. The van der Waals surface area contributed by atoms with Gasteiger partial charge in [-0.05, 0) is 18.6 Å². The lowest BCUT2D eigenvalue weighted by Crippen LogP contribution is -3.18. The number of nitrogens with zero attached hydrogens (tertiary/aromatic N) is 2. The van der Waals surface area contributed by atoms with E-state index in [1.807, 2.05) is 23.1 Å². The first kappa shape index (κ1) is 18.4. The lowest BCUT2D eigenvalue weighted by atomic mass is 10.1. The van der Waals surface area contributed by atoms with Crippen molar-refractivity contribution >= 4 is 27.3 Å². The van der Waals surface area contributed by atoms with Gasteiger partial charge in [-0.1, -0.05) is 12.1 Å². The van der Waals surface area contributed by atoms with Crippen LogP contribution in [0, 0.1) is 0 Å². The van der Waals surface area contributed by atoms with E-state index in [9.17, 15) is 18.0 Å². The maximum atomic E-state index is 13.1. The Morgan fingerprint density at radius 3 is 2.48 bits per heavy atom. The molecule has 0 unspecified atom stereocenters. The van der Waals surface area contributed by atoms with Crippen molar-refractivity contribution < 1.29 is 22.9 Å². The lowest BCUT2D eigenvalue weighted by Gasteiger charge is -2.35. The minimum Gasteiger partial charge on any atom is -0.329 e. The number of sulfone groups is 1. The first-order chi connectivity index (χ1) is 12.9. The third kappa shape index (κ3) is 3.73. The molecule has 2 amide bonds. The van der Waals surface area contributed by atoms with Crippen LogP contribution < -0.4 is 9.80 Å². The maximum absolute atomic E-state index is 13.1. The first-order valence-electron chi connectivity index (χ1n) is 9.68. The molecule has 7 nitrogen and oxygen atoms in total. The van der Waals surface area contributed by atoms with Crippen LogP contribution in [-0.4, -0.2) is 75.4 Å². The highest BCUT2D eigenvalue weighted by atomic mass is 32.2. The Morgan fingerprint density at radius 2 is 1.85 bits per heavy atom. The molecule has 1 aromatic carbocycles. The van der Waals surface area contributed by atoms with Crippen molar-refractivity contribution in [2.75, 3.05) is 49.1 Å². The van der Waals surface area contributed by atoms with E-state index in [-0.39, 0.29) is 23.6 Å². The van der Waals surface area contributed by atoms with Crippen LogP contribution in [0.25, 0.3) is 0 Å². The minimum absolute atomic E-state index is 0.0385. The normalized spacial score (nSPS) is 25.9. The maximum Gasteiger partial charge on any atom is 0.256 e. The highest BCUT2D eigenvalue weighted by Crippen LogP contribution is 2.26. The molecule has 8 heteroatoms. The Bertz CT molecular complexity index is 846. The van der Waals surface area contributed by atoms with Gasteiger partial charge in [-0.2, -0.15) is 0 Å². The molecular formula is C19H26N3O4S+. The topological polar surface area (TPSA) is 79.2 Å². The van der Waals surface area contributed by atoms with Crippen molar-refractivity contribution in [3.8, 4) is 0 Å². The number of rotatable bonds is 3. The molecule has 1 aromatic rings. The number of quaternary nitrogens is 1. The predicted octanol–water partition coefficient (Wildman–Crippen LogP) is -0.659. The largest absolute Gasteiger partial charge is 0.329 e. The van der Waals surface area contributed by atoms with E-state index in [2.05, 4.69) is 0 Å². The van der Waals surface area contributed by atoms with Crippen LogP contribution >= 0.6 is 0 Å². The van der Waals surface area contributed by atoms with Gasteiger partial charge in [0.05, 0.1) is 43.2 Å². The summed E-state index contributed by atoms with van der Waals surface area (Å²) in [7, 11) is -2.88. The smallest absolute Gasteiger partial charge is 0.256 e. The molecule has 3 fully saturated rings. The van der Waals surface area contributed by atoms with Crippen molar-refractivity contribution in [2.24, 2.45) is 0 Å². The number of benzene rings is 1. The number of hydrogen-bond acceptors (Lipinski definition) is 4. The molecule has 0 aliphatic carbocycles. The van der Waals surface area contributed by atoms with Crippen LogP contribution in [0.1, 0.15) is 29.6 Å². The summed E-state index contributed by atoms with van der Waals surface area (Å²) in [6.07, 6.45) is 2.09. The van der Waals surface area contributed by atoms with Crippen molar-refractivity contribution in [3.05, 3.63) is 29.8 Å². The molecule has 0 radical (unpaired) electrons. The molecule has 3 saturated heterocycles. The molecule has 4 rings (SSSR count). The van der Waals surface area contributed by atoms with Gasteiger partial charge < -0.3 is 14.7 Å². The fourth-order valence-electron chi connectivity index (χ4n) is 4.49. The third-order valence-corrected chi connectivity index (χ3v) is 7.77. The monoisotopic (exact) mass is 392 g/mol. The predicted molar refractivity (Wildman–Crippen MR) is 102 cm³/mol. The summed E-state index contributed by atoms with van der Waals surface area (Å²) < 4.78 is 23.4. The van der Waals surface area contributed by atoms with Gasteiger partial charge in [0, 0.05) is 19.4 Å². The van der Waals surface area contributed by atoms with Gasteiger partial charge in [-0.25, -0.2) is 8.42 Å². The van der Waals surface area contributed by atoms with Crippen LogP contribution in [-0.2, 0) is 14.6 Å². The average molecular weight is 393 g/mol. The highest BCUT2D eigenvalue weighted by molar-refractivity contribution is 7.91. The number of anilines is 1. The summed E-state index contributed by atoms with van der Waals surface area (Å²) in [4.78, 5) is 30.1. The number of amides is 2. The number of carbonyl (C=O) groups excluding carboxylic acids is 2. The first-order valence-corrected chi connectivity index (χ1v) is 11.5. The van der Waals surface area contributed by atoms with E-state index < -0.39 is 9.84 Å². The van der Waals surface area contributed by atoms with Crippen molar-refractivity contribution in [1.82, 2.24) is 4.90 Å². The Kier molecular flexibility index (Phi) is 4.94. The molecule has 1 N–H and O–H groups in total. The number of carbonyl (C=O) groups is 2. The molecule has 27 heavy (non-hydrogen) atoms. The summed E-state index contributed by atoms with van der Waals surface area (Å²) in [5.41, 5.74) is 1.29. The zero-order chi connectivity index (χ0) is 19.0. The van der Waals surface area contributed by atoms with E-state index in [0.717, 1.165) is 25.9 Å². The van der Waals surface area contributed by atoms with Crippen molar-refractivity contribution in [1.29, 1.82) is 0 Å². The summed E-state index contributed by atoms with van der Waals surface area (Å²) in [6, 6.07) is 7.51. The molecule has 0 spiro atoms. The summed E-state index contributed by atoms with van der Waals surface area (Å²) in [5, 5.41) is 0. The van der Waals surface area contributed by atoms with Gasteiger partial charge in [0.25, 0.3) is 5.91 Å². The number of para-hydroxylation sites is 1. The molecule has 0 aromatic heterocycles. The van der Waals surface area contributed by atoms with E-state index in [0.29, 0.717) is 43.1 Å². The molecule has 0 bridgehead atoms. The average Bonchev–Trinajstić information content (AvgIpc) is 3.26. The Morgan fingerprint density at radius 1 is 1.11 bits per heavy atom. The molecule has 3 heterocycles. The van der Waals surface area contributed by atoms with Gasteiger partial charge >= 0.3 is 0 Å². The molecule has 1 atom stereocenters. The number of piperazine rings is 1. The van der Waals surface area contributed by atoms with Gasteiger partial charge in [-0.15, -0.1) is 0 Å². The van der Waals surface area contributed by atoms with E-state index in [1.54, 1.807) is 11.0 Å². The minimum atomic E-state index is -2.88. The van der Waals surface area contributed by atoms with Crippen molar-refractivity contribution in [3.63, 3.8) is 0 Å². The van der Waals surface area contributed by atoms with E-state index >= 15 is 0 Å². The van der Waals surface area contributed by atoms with Crippen LogP contribution in [0.2, 0.25) is 0 Å². The van der Waals surface area contributed by atoms with Gasteiger partial charge in [0.1, 0.15) is 11.8 Å². The van der Waals surface area contributed by atoms with Crippen molar-refractivity contribution in [2.45, 2.75) is 25.3 Å². The van der Waals surface area contributed by atoms with Gasteiger partial charge in [0.2, 0.25) is 5.91 Å². The highest BCUT2D eigenvalue weighted by Gasteiger charge is 2.38. The molecule has 3 aliphatic rings. The quantitative estimate of drug-likeness (QED) is 0.741. The summed E-state index contributed by atoms with van der Waals surface area (Å²) >= 11 is 0. The second kappa shape index (κ2) is 7.24. The van der Waals surface area contributed by atoms with Crippen LogP contribution in [0.4, 0.5) is 5.69 Å². The second-order valence-electron chi connectivity index (χ2n) is 7.72. The molecule has 146 valence electrons. The summed E-state index contributed by atoms with van der Waals surface area (Å²) in [5.74, 6) is 0.604. The molecule has 0 saturated carbocycles. The Labute approximate surface area is 159 Å². The summed E-state index contributed by atoms with van der Waals surface area (Å²) in [6.45, 7) is 3.45. The fraction of sp³-hybridized carbons (Fsp3) is 0.579. The van der Waals surface area contributed by atoms with Gasteiger partial charge in [0.15, 0.2) is 9.84 Å². The van der Waals surface area contributed by atoms with Gasteiger partial charge in [-0.3, -0.25) is 9.59 Å². The SMILES string of the molecule is O=C(c1ccccc1N1CCCC1=O)N1CC[NH+]([C@@H]2CCS(=O)(=O)C2)CC1. The van der Waals surface area contributed by atoms with Crippen LogP contribution in [0.15, 0.2) is 24.3 Å². The number of hydrogen-bond donors (Lipinski definition) is 1. The standard InChI is InChI=1S/C19H25N3O4S/c23-18-6-3-8-22(18)17-5-2-1-4-16(17)19(24)21-11-9-20(10-12-21)15-7-13-27(25,26)14-15/h1-2,4-5,15H,3,6-14H2/p+1/t15-/m1/s1. The third-order valence-electron chi connectivity index (χ3n) is 6.00. The zero-order valence-corrected chi connectivity index (χ0v) is 16.2. The fourth-order valence-corrected chi connectivity index (χ4v) is 6.31.